The molecule has 2 rings (SSSR count). The molecule has 0 aliphatic rings. The molecule has 0 aromatic heterocycles. The topological polar surface area (TPSA) is 75.6 Å². The Balaban J connectivity index is 2.03. The minimum Gasteiger partial charge on any atom is -0.481 e. The van der Waals surface area contributed by atoms with Crippen molar-refractivity contribution in [3.63, 3.8) is 0 Å². The highest BCUT2D eigenvalue weighted by atomic mass is 79.9. The molecular weight excluding hydrogens is 446 g/mol. The molecule has 0 spiro atoms. The first-order valence-electron chi connectivity index (χ1n) is 9.72. The molecule has 0 aliphatic carbocycles. The zero-order valence-electron chi connectivity index (χ0n) is 17.5. The first kappa shape index (κ1) is 23.5. The first-order valence-corrected chi connectivity index (χ1v) is 10.5. The van der Waals surface area contributed by atoms with Gasteiger partial charge in [-0.25, -0.2) is 0 Å². The summed E-state index contributed by atoms with van der Waals surface area (Å²) in [6.45, 7) is 7.59. The fourth-order valence-corrected chi connectivity index (χ4v) is 3.35. The summed E-state index contributed by atoms with van der Waals surface area (Å²) in [7, 11) is 0. The lowest BCUT2D eigenvalue weighted by Gasteiger charge is -2.17. The fourth-order valence-electron chi connectivity index (χ4n) is 2.86. The number of amides is 1. The van der Waals surface area contributed by atoms with E-state index in [0.717, 1.165) is 10.0 Å². The highest BCUT2D eigenvalue weighted by molar-refractivity contribution is 9.10. The van der Waals surface area contributed by atoms with Gasteiger partial charge in [-0.3, -0.25) is 9.59 Å². The summed E-state index contributed by atoms with van der Waals surface area (Å²) in [6, 6.07) is 12.9. The third kappa shape index (κ3) is 6.64. The summed E-state index contributed by atoms with van der Waals surface area (Å²) in [5.41, 5.74) is 2.58. The second kappa shape index (κ2) is 10.8. The van der Waals surface area contributed by atoms with Crippen LogP contribution in [-0.2, 0) is 9.59 Å². The van der Waals surface area contributed by atoms with Gasteiger partial charge in [0.05, 0.1) is 16.8 Å². The molecule has 0 saturated carbocycles. The summed E-state index contributed by atoms with van der Waals surface area (Å²) < 4.78 is 6.61. The predicted molar refractivity (Wildman–Crippen MR) is 122 cm³/mol. The third-order valence-electron chi connectivity index (χ3n) is 4.57. The van der Waals surface area contributed by atoms with E-state index in [9.17, 15) is 9.59 Å². The Labute approximate surface area is 186 Å². The maximum atomic E-state index is 12.5. The summed E-state index contributed by atoms with van der Waals surface area (Å²) in [5.74, 6) is 5.11. The number of carboxylic acids is 1. The fraction of sp³-hybridized carbons (Fsp3) is 0.333. The molecule has 2 N–H and O–H groups in total. The Bertz CT molecular complexity index is 957. The lowest BCUT2D eigenvalue weighted by Crippen LogP contribution is -2.30. The number of aliphatic carboxylic acids is 1. The predicted octanol–water partition coefficient (Wildman–Crippen LogP) is 5.56. The van der Waals surface area contributed by atoms with Gasteiger partial charge in [0.2, 0.25) is 0 Å². The van der Waals surface area contributed by atoms with Gasteiger partial charge in [0.1, 0.15) is 5.75 Å². The van der Waals surface area contributed by atoms with Gasteiger partial charge in [0.25, 0.3) is 5.91 Å². The van der Waals surface area contributed by atoms with Crippen LogP contribution in [0.2, 0.25) is 0 Å². The van der Waals surface area contributed by atoms with Crippen LogP contribution in [0.5, 0.6) is 5.75 Å². The van der Waals surface area contributed by atoms with Crippen molar-refractivity contribution in [2.75, 3.05) is 5.32 Å². The van der Waals surface area contributed by atoms with Gasteiger partial charge in [0.15, 0.2) is 6.10 Å². The number of rotatable bonds is 8. The van der Waals surface area contributed by atoms with Crippen molar-refractivity contribution in [3.05, 3.63) is 58.1 Å². The zero-order valence-corrected chi connectivity index (χ0v) is 19.1. The van der Waals surface area contributed by atoms with Crippen LogP contribution in [0.1, 0.15) is 57.1 Å². The van der Waals surface area contributed by atoms with Crippen molar-refractivity contribution in [2.24, 2.45) is 0 Å². The smallest absolute Gasteiger partial charge is 0.304 e. The molecule has 1 amide bonds. The number of carbonyl (C=O) groups is 2. The van der Waals surface area contributed by atoms with Crippen molar-refractivity contribution in [1.82, 2.24) is 0 Å². The molecule has 30 heavy (non-hydrogen) atoms. The van der Waals surface area contributed by atoms with Gasteiger partial charge >= 0.3 is 5.97 Å². The number of ether oxygens (including phenoxy) is 1. The van der Waals surface area contributed by atoms with E-state index < -0.39 is 12.1 Å². The Morgan fingerprint density at radius 3 is 2.27 bits per heavy atom. The largest absolute Gasteiger partial charge is 0.481 e. The highest BCUT2D eigenvalue weighted by Gasteiger charge is 2.18. The molecule has 0 fully saturated rings. The maximum absolute atomic E-state index is 12.5. The average Bonchev–Trinajstić information content (AvgIpc) is 2.69. The van der Waals surface area contributed by atoms with Crippen molar-refractivity contribution in [3.8, 4) is 17.6 Å². The molecule has 2 unspecified atom stereocenters. The van der Waals surface area contributed by atoms with E-state index in [2.05, 4.69) is 46.9 Å². The average molecular weight is 472 g/mol. The first-order chi connectivity index (χ1) is 14.2. The highest BCUT2D eigenvalue weighted by Crippen LogP contribution is 2.30. The molecule has 0 bridgehead atoms. The quantitative estimate of drug-likeness (QED) is 0.494. The lowest BCUT2D eigenvalue weighted by molar-refractivity contribution is -0.137. The van der Waals surface area contributed by atoms with E-state index >= 15 is 0 Å². The van der Waals surface area contributed by atoms with Gasteiger partial charge in [-0.1, -0.05) is 38.0 Å². The zero-order chi connectivity index (χ0) is 22.3. The van der Waals surface area contributed by atoms with Crippen molar-refractivity contribution >= 4 is 33.5 Å². The second-order valence-electron chi connectivity index (χ2n) is 7.26. The number of hydrogen-bond donors (Lipinski definition) is 2. The molecular formula is C24H26BrNO4. The monoisotopic (exact) mass is 471 g/mol. The van der Waals surface area contributed by atoms with Crippen molar-refractivity contribution < 1.29 is 19.4 Å². The van der Waals surface area contributed by atoms with Crippen LogP contribution in [0.25, 0.3) is 0 Å². The van der Waals surface area contributed by atoms with Gasteiger partial charge in [-0.05, 0) is 71.1 Å². The van der Waals surface area contributed by atoms with Crippen LogP contribution in [0.3, 0.4) is 0 Å². The van der Waals surface area contributed by atoms with E-state index in [1.807, 2.05) is 18.2 Å². The van der Waals surface area contributed by atoms with Gasteiger partial charge < -0.3 is 15.2 Å². The molecule has 5 nitrogen and oxygen atoms in total. The minimum absolute atomic E-state index is 0.0676. The molecule has 0 heterocycles. The molecule has 0 radical (unpaired) electrons. The Kier molecular flexibility index (Phi) is 8.49. The number of carbonyl (C=O) groups excluding carboxylic acids is 1. The standard InChI is InChI=1S/C24H26BrNO4/c1-5-6-19(14-23(27)28)17-7-10-20(11-8-17)26-24(29)16(4)30-22-12-9-18(15(2)3)13-21(22)25/h7-13,15-16,19H,14H2,1-4H3,(H,26,29)(H,27,28). The van der Waals surface area contributed by atoms with Gasteiger partial charge in [-0.15, -0.1) is 5.92 Å². The van der Waals surface area contributed by atoms with Crippen LogP contribution in [0, 0.1) is 11.8 Å². The number of halogens is 1. The van der Waals surface area contributed by atoms with Gasteiger partial charge in [0, 0.05) is 5.69 Å². The van der Waals surface area contributed by atoms with E-state index in [1.165, 1.54) is 5.56 Å². The molecule has 2 atom stereocenters. The lowest BCUT2D eigenvalue weighted by atomic mass is 9.96. The van der Waals surface area contributed by atoms with Crippen LogP contribution in [0.4, 0.5) is 5.69 Å². The molecule has 2 aromatic carbocycles. The SMILES string of the molecule is CC#CC(CC(=O)O)c1ccc(NC(=O)C(C)Oc2ccc(C(C)C)cc2Br)cc1. The van der Waals surface area contributed by atoms with E-state index in [4.69, 9.17) is 9.84 Å². The summed E-state index contributed by atoms with van der Waals surface area (Å²) >= 11 is 3.50. The van der Waals surface area contributed by atoms with Gasteiger partial charge in [-0.2, -0.15) is 0 Å². The minimum atomic E-state index is -0.904. The Morgan fingerprint density at radius 1 is 1.10 bits per heavy atom. The molecule has 2 aromatic rings. The summed E-state index contributed by atoms with van der Waals surface area (Å²) in [6.07, 6.45) is -0.765. The molecule has 158 valence electrons. The summed E-state index contributed by atoms with van der Waals surface area (Å²) in [4.78, 5) is 23.5. The Morgan fingerprint density at radius 2 is 1.73 bits per heavy atom. The Hall–Kier alpha value is -2.78. The van der Waals surface area contributed by atoms with Crippen molar-refractivity contribution in [2.45, 2.75) is 52.1 Å². The number of carboxylic acid groups (broad SMARTS) is 1. The van der Waals surface area contributed by atoms with Crippen LogP contribution in [0.15, 0.2) is 46.9 Å². The van der Waals surface area contributed by atoms with Crippen LogP contribution >= 0.6 is 15.9 Å². The molecule has 0 aliphatic heterocycles. The van der Waals surface area contributed by atoms with Crippen LogP contribution < -0.4 is 10.1 Å². The number of hydrogen-bond acceptors (Lipinski definition) is 3. The second-order valence-corrected chi connectivity index (χ2v) is 8.12. The van der Waals surface area contributed by atoms with E-state index in [0.29, 0.717) is 17.4 Å². The van der Waals surface area contributed by atoms with Crippen molar-refractivity contribution in [1.29, 1.82) is 0 Å². The third-order valence-corrected chi connectivity index (χ3v) is 5.19. The molecule has 6 heteroatoms. The number of anilines is 1. The van der Waals surface area contributed by atoms with E-state index in [-0.39, 0.29) is 18.2 Å². The number of nitrogens with one attached hydrogen (secondary N) is 1. The van der Waals surface area contributed by atoms with Crippen LogP contribution in [-0.4, -0.2) is 23.1 Å². The normalized spacial score (nSPS) is 12.5. The maximum Gasteiger partial charge on any atom is 0.304 e. The molecule has 0 saturated heterocycles. The summed E-state index contributed by atoms with van der Waals surface area (Å²) in [5, 5.41) is 11.9. The number of benzene rings is 2. The van der Waals surface area contributed by atoms with E-state index in [1.54, 1.807) is 38.1 Å².